The minimum Gasteiger partial charge on any atom is -0.262 e. The fourth-order valence-corrected chi connectivity index (χ4v) is 2.62. The average Bonchev–Trinajstić information content (AvgIpc) is 2.54. The Kier molecular flexibility index (Phi) is 4.29. The summed E-state index contributed by atoms with van der Waals surface area (Å²) in [6.45, 7) is 7.82. The molecule has 0 aliphatic heterocycles. The number of hydrogen-bond acceptors (Lipinski definition) is 2. The highest BCUT2D eigenvalue weighted by Crippen LogP contribution is 2.31. The van der Waals surface area contributed by atoms with Crippen LogP contribution in [0.2, 0.25) is 0 Å². The maximum absolute atomic E-state index is 4.19. The maximum atomic E-state index is 4.19. The first-order chi connectivity index (χ1) is 6.69. The first-order valence-corrected chi connectivity index (χ1v) is 5.90. The van der Waals surface area contributed by atoms with Crippen molar-refractivity contribution in [1.82, 2.24) is 0 Å². The largest absolute Gasteiger partial charge is 0.262 e. The second-order valence-corrected chi connectivity index (χ2v) is 5.10. The molecule has 0 saturated heterocycles. The highest BCUT2D eigenvalue weighted by Gasteiger charge is 2.06. The minimum atomic E-state index is 0.810. The van der Waals surface area contributed by atoms with Gasteiger partial charge < -0.3 is 0 Å². The number of thiophene rings is 1. The fraction of sp³-hybridized carbons (Fsp3) is 0.182. The summed E-state index contributed by atoms with van der Waals surface area (Å²) < 4.78 is 1.13. The van der Waals surface area contributed by atoms with Crippen molar-refractivity contribution in [3.63, 3.8) is 0 Å². The van der Waals surface area contributed by atoms with Crippen LogP contribution in [0.15, 0.2) is 39.3 Å². The summed E-state index contributed by atoms with van der Waals surface area (Å²) in [5.41, 5.74) is 1.91. The Morgan fingerprint density at radius 2 is 2.21 bits per heavy atom. The number of allylic oxidation sites excluding steroid dienone is 2. The van der Waals surface area contributed by atoms with Gasteiger partial charge in [-0.3, -0.25) is 4.99 Å². The van der Waals surface area contributed by atoms with E-state index in [4.69, 9.17) is 0 Å². The topological polar surface area (TPSA) is 12.4 Å². The van der Waals surface area contributed by atoms with Gasteiger partial charge in [0.15, 0.2) is 0 Å². The molecule has 0 N–H and O–H groups in total. The molecule has 0 atom stereocenters. The molecule has 0 amide bonds. The Labute approximate surface area is 97.0 Å². The number of rotatable bonds is 3. The van der Waals surface area contributed by atoms with Gasteiger partial charge in [0.1, 0.15) is 0 Å². The molecule has 1 nitrogen and oxygen atoms in total. The number of nitrogens with zero attached hydrogens (tertiary/aromatic N) is 1. The standard InChI is InChI=1S/C11H12BrNS/c1-4-9(8(3)13-5-2)10-6-7-11(12)14-10/h4-7H,3H2,1-2H3. The molecule has 3 heteroatoms. The molecule has 1 aromatic heterocycles. The predicted molar refractivity (Wildman–Crippen MR) is 69.0 cm³/mol. The molecule has 74 valence electrons. The van der Waals surface area contributed by atoms with Gasteiger partial charge in [0.2, 0.25) is 0 Å². The zero-order valence-electron chi connectivity index (χ0n) is 8.25. The second kappa shape index (κ2) is 5.27. The molecule has 0 radical (unpaired) electrons. The van der Waals surface area contributed by atoms with E-state index in [9.17, 15) is 0 Å². The van der Waals surface area contributed by atoms with Gasteiger partial charge in [-0.1, -0.05) is 12.7 Å². The summed E-state index contributed by atoms with van der Waals surface area (Å²) in [4.78, 5) is 5.37. The molecular formula is C11H12BrNS. The van der Waals surface area contributed by atoms with E-state index in [0.29, 0.717) is 0 Å². The van der Waals surface area contributed by atoms with E-state index >= 15 is 0 Å². The molecule has 0 aromatic carbocycles. The predicted octanol–water partition coefficient (Wildman–Crippen LogP) is 4.52. The molecule has 0 fully saturated rings. The Morgan fingerprint density at radius 3 is 2.64 bits per heavy atom. The number of halogens is 1. The van der Waals surface area contributed by atoms with Crippen LogP contribution in [0.4, 0.5) is 0 Å². The van der Waals surface area contributed by atoms with Crippen LogP contribution in [0.3, 0.4) is 0 Å². The lowest BCUT2D eigenvalue weighted by atomic mass is 10.1. The summed E-state index contributed by atoms with van der Waals surface area (Å²) in [7, 11) is 0. The molecular weight excluding hydrogens is 258 g/mol. The van der Waals surface area contributed by atoms with Crippen molar-refractivity contribution in [3.05, 3.63) is 39.1 Å². The van der Waals surface area contributed by atoms with E-state index in [-0.39, 0.29) is 0 Å². The van der Waals surface area contributed by atoms with Gasteiger partial charge in [0.25, 0.3) is 0 Å². The molecule has 1 aromatic rings. The zero-order valence-corrected chi connectivity index (χ0v) is 10.7. The average molecular weight is 270 g/mol. The third-order valence-electron chi connectivity index (χ3n) is 1.72. The van der Waals surface area contributed by atoms with Crippen LogP contribution < -0.4 is 0 Å². The van der Waals surface area contributed by atoms with Gasteiger partial charge in [-0.2, -0.15) is 0 Å². The number of hydrogen-bond donors (Lipinski definition) is 0. The first-order valence-electron chi connectivity index (χ1n) is 4.29. The number of aliphatic imine (C=N–C) groups is 1. The van der Waals surface area contributed by atoms with Crippen LogP contribution >= 0.6 is 27.3 Å². The lowest BCUT2D eigenvalue weighted by Crippen LogP contribution is -1.82. The van der Waals surface area contributed by atoms with Crippen LogP contribution in [-0.2, 0) is 0 Å². The first kappa shape index (κ1) is 11.4. The van der Waals surface area contributed by atoms with Gasteiger partial charge in [-0.25, -0.2) is 0 Å². The van der Waals surface area contributed by atoms with Crippen molar-refractivity contribution >= 4 is 39.1 Å². The fourth-order valence-electron chi connectivity index (χ4n) is 1.14. The molecule has 0 bridgehead atoms. The van der Waals surface area contributed by atoms with Crippen LogP contribution in [-0.4, -0.2) is 6.21 Å². The van der Waals surface area contributed by atoms with E-state index in [1.165, 1.54) is 4.88 Å². The summed E-state index contributed by atoms with van der Waals surface area (Å²) in [6.07, 6.45) is 3.79. The van der Waals surface area contributed by atoms with Gasteiger partial charge in [0, 0.05) is 16.7 Å². The van der Waals surface area contributed by atoms with E-state index in [0.717, 1.165) is 15.1 Å². The minimum absolute atomic E-state index is 0.810. The summed E-state index contributed by atoms with van der Waals surface area (Å²) in [5, 5.41) is 0. The van der Waals surface area contributed by atoms with Crippen LogP contribution in [0.1, 0.15) is 18.7 Å². The molecule has 14 heavy (non-hydrogen) atoms. The normalized spacial score (nSPS) is 12.4. The smallest absolute Gasteiger partial charge is 0.0705 e. The maximum Gasteiger partial charge on any atom is 0.0705 e. The molecule has 0 unspecified atom stereocenters. The van der Waals surface area contributed by atoms with Gasteiger partial charge in [0.05, 0.1) is 9.48 Å². The summed E-state index contributed by atoms with van der Waals surface area (Å²) in [5.74, 6) is 0. The molecule has 1 rings (SSSR count). The van der Waals surface area contributed by atoms with Crippen LogP contribution in [0, 0.1) is 0 Å². The zero-order chi connectivity index (χ0) is 10.6. The molecule has 0 aliphatic carbocycles. The van der Waals surface area contributed by atoms with Crippen LogP contribution in [0.25, 0.3) is 5.57 Å². The van der Waals surface area contributed by atoms with E-state index < -0.39 is 0 Å². The van der Waals surface area contributed by atoms with E-state index in [1.54, 1.807) is 17.6 Å². The Bertz CT molecular complexity index is 388. The molecule has 0 aliphatic rings. The van der Waals surface area contributed by atoms with E-state index in [1.807, 2.05) is 26.0 Å². The van der Waals surface area contributed by atoms with E-state index in [2.05, 4.69) is 33.6 Å². The van der Waals surface area contributed by atoms with Gasteiger partial charge in [-0.05, 0) is 41.9 Å². The van der Waals surface area contributed by atoms with Crippen molar-refractivity contribution in [3.8, 4) is 0 Å². The Balaban J connectivity index is 3.00. The van der Waals surface area contributed by atoms with Gasteiger partial charge >= 0.3 is 0 Å². The highest BCUT2D eigenvalue weighted by atomic mass is 79.9. The second-order valence-electron chi connectivity index (χ2n) is 2.64. The SMILES string of the molecule is C=C(N=CC)C(=CC)c1ccc(Br)s1. The van der Waals surface area contributed by atoms with Crippen molar-refractivity contribution in [2.24, 2.45) is 4.99 Å². The highest BCUT2D eigenvalue weighted by molar-refractivity contribution is 9.11. The Morgan fingerprint density at radius 1 is 1.50 bits per heavy atom. The van der Waals surface area contributed by atoms with Crippen molar-refractivity contribution in [2.75, 3.05) is 0 Å². The molecule has 1 heterocycles. The molecule has 0 saturated carbocycles. The summed E-state index contributed by atoms with van der Waals surface area (Å²) >= 11 is 5.13. The van der Waals surface area contributed by atoms with Crippen molar-refractivity contribution in [2.45, 2.75) is 13.8 Å². The van der Waals surface area contributed by atoms with Gasteiger partial charge in [-0.15, -0.1) is 11.3 Å². The monoisotopic (exact) mass is 269 g/mol. The lowest BCUT2D eigenvalue weighted by molar-refractivity contribution is 1.44. The summed E-state index contributed by atoms with van der Waals surface area (Å²) in [6, 6.07) is 4.10. The Hall–Kier alpha value is -0.670. The quantitative estimate of drug-likeness (QED) is 0.565. The van der Waals surface area contributed by atoms with Crippen molar-refractivity contribution < 1.29 is 0 Å². The van der Waals surface area contributed by atoms with Crippen LogP contribution in [0.5, 0.6) is 0 Å². The third-order valence-corrected chi connectivity index (χ3v) is 3.38. The lowest BCUT2D eigenvalue weighted by Gasteiger charge is -2.02. The van der Waals surface area contributed by atoms with Crippen molar-refractivity contribution in [1.29, 1.82) is 0 Å². The third kappa shape index (κ3) is 2.66. The molecule has 0 spiro atoms.